The van der Waals surface area contributed by atoms with Crippen molar-refractivity contribution < 1.29 is 14.0 Å². The number of hydrogen-bond donors (Lipinski definition) is 2. The largest absolute Gasteiger partial charge is 0.323 e. The molecule has 1 aliphatic rings. The summed E-state index contributed by atoms with van der Waals surface area (Å²) >= 11 is 1.38. The molecule has 30 heavy (non-hydrogen) atoms. The molecule has 1 heterocycles. The molecule has 1 aromatic heterocycles. The quantitative estimate of drug-likeness (QED) is 0.551. The smallest absolute Gasteiger partial charge is 0.275 e. The third kappa shape index (κ3) is 4.74. The summed E-state index contributed by atoms with van der Waals surface area (Å²) in [4.78, 5) is 29.4. The van der Waals surface area contributed by atoms with Crippen LogP contribution in [0.25, 0.3) is 10.6 Å². The topological polar surface area (TPSA) is 71.1 Å². The number of anilines is 2. The van der Waals surface area contributed by atoms with Crippen LogP contribution in [0.2, 0.25) is 0 Å². The molecular weight excluding hydrogens is 401 g/mol. The van der Waals surface area contributed by atoms with E-state index in [1.165, 1.54) is 29.5 Å². The zero-order valence-corrected chi connectivity index (χ0v) is 17.2. The van der Waals surface area contributed by atoms with Crippen LogP contribution in [0.3, 0.4) is 0 Å². The van der Waals surface area contributed by atoms with Crippen LogP contribution in [0.4, 0.5) is 15.8 Å². The van der Waals surface area contributed by atoms with Gasteiger partial charge in [-0.3, -0.25) is 9.59 Å². The summed E-state index contributed by atoms with van der Waals surface area (Å²) < 4.78 is 14.2. The van der Waals surface area contributed by atoms with Gasteiger partial charge in [-0.25, -0.2) is 9.37 Å². The van der Waals surface area contributed by atoms with Crippen molar-refractivity contribution in [2.75, 3.05) is 10.6 Å². The van der Waals surface area contributed by atoms with E-state index >= 15 is 0 Å². The van der Waals surface area contributed by atoms with Gasteiger partial charge in [0.1, 0.15) is 16.5 Å². The molecule has 0 saturated heterocycles. The number of carbonyl (C=O) groups excluding carboxylic acids is 2. The van der Waals surface area contributed by atoms with Gasteiger partial charge in [0, 0.05) is 22.5 Å². The Bertz CT molecular complexity index is 1050. The molecular formula is C23H22FN3O2S. The average Bonchev–Trinajstić information content (AvgIpc) is 3.28. The Morgan fingerprint density at radius 2 is 1.77 bits per heavy atom. The fourth-order valence-electron chi connectivity index (χ4n) is 3.58. The molecule has 0 bridgehead atoms. The van der Waals surface area contributed by atoms with Crippen molar-refractivity contribution in [3.8, 4) is 10.6 Å². The SMILES string of the molecule is O=C(Nc1ccc(F)c(NC(=O)C2CCCCC2)c1)c1csc(-c2ccccc2)n1. The zero-order chi connectivity index (χ0) is 20.9. The molecule has 2 amide bonds. The van der Waals surface area contributed by atoms with E-state index in [2.05, 4.69) is 15.6 Å². The van der Waals surface area contributed by atoms with Crippen molar-refractivity contribution in [1.29, 1.82) is 0 Å². The Hall–Kier alpha value is -3.06. The maximum Gasteiger partial charge on any atom is 0.275 e. The van der Waals surface area contributed by atoms with E-state index in [1.807, 2.05) is 30.3 Å². The minimum atomic E-state index is -0.530. The van der Waals surface area contributed by atoms with Gasteiger partial charge >= 0.3 is 0 Å². The number of amides is 2. The molecule has 2 N–H and O–H groups in total. The predicted octanol–water partition coefficient (Wildman–Crippen LogP) is 5.72. The number of rotatable bonds is 5. The van der Waals surface area contributed by atoms with Crippen molar-refractivity contribution in [2.45, 2.75) is 32.1 Å². The molecule has 2 aromatic carbocycles. The summed E-state index contributed by atoms with van der Waals surface area (Å²) in [6, 6.07) is 13.8. The fourth-order valence-corrected chi connectivity index (χ4v) is 4.39. The molecule has 0 spiro atoms. The number of thiazole rings is 1. The normalized spacial score (nSPS) is 14.3. The van der Waals surface area contributed by atoms with E-state index in [1.54, 1.807) is 5.38 Å². The Morgan fingerprint density at radius 3 is 2.53 bits per heavy atom. The van der Waals surface area contributed by atoms with E-state index in [4.69, 9.17) is 0 Å². The molecule has 1 aliphatic carbocycles. The highest BCUT2D eigenvalue weighted by molar-refractivity contribution is 7.13. The number of nitrogens with zero attached hydrogens (tertiary/aromatic N) is 1. The van der Waals surface area contributed by atoms with Crippen LogP contribution in [-0.2, 0) is 4.79 Å². The molecule has 1 saturated carbocycles. The van der Waals surface area contributed by atoms with Gasteiger partial charge in [0.05, 0.1) is 5.69 Å². The molecule has 5 nitrogen and oxygen atoms in total. The van der Waals surface area contributed by atoms with E-state index in [0.717, 1.165) is 42.7 Å². The van der Waals surface area contributed by atoms with E-state index in [9.17, 15) is 14.0 Å². The number of benzene rings is 2. The predicted molar refractivity (Wildman–Crippen MR) is 117 cm³/mol. The van der Waals surface area contributed by atoms with Gasteiger partial charge < -0.3 is 10.6 Å². The summed E-state index contributed by atoms with van der Waals surface area (Å²) in [6.07, 6.45) is 4.85. The van der Waals surface area contributed by atoms with Crippen LogP contribution in [0, 0.1) is 11.7 Å². The first kappa shape index (κ1) is 20.2. The van der Waals surface area contributed by atoms with Crippen molar-refractivity contribution in [1.82, 2.24) is 4.98 Å². The molecule has 3 aromatic rings. The Labute approximate surface area is 178 Å². The average molecular weight is 424 g/mol. The molecule has 0 atom stereocenters. The van der Waals surface area contributed by atoms with E-state index < -0.39 is 5.82 Å². The standard InChI is InChI=1S/C23H22FN3O2S/c24-18-12-11-17(13-19(18)26-21(28)15-7-3-1-4-8-15)25-22(29)20-14-30-23(27-20)16-9-5-2-6-10-16/h2,5-6,9-15H,1,3-4,7-8H2,(H,25,29)(H,26,28). The third-order valence-corrected chi connectivity index (χ3v) is 6.11. The lowest BCUT2D eigenvalue weighted by Gasteiger charge is -2.21. The van der Waals surface area contributed by atoms with E-state index in [0.29, 0.717) is 5.69 Å². The Morgan fingerprint density at radius 1 is 1.00 bits per heavy atom. The monoisotopic (exact) mass is 423 g/mol. The van der Waals surface area contributed by atoms with Crippen molar-refractivity contribution in [3.63, 3.8) is 0 Å². The Balaban J connectivity index is 1.44. The summed E-state index contributed by atoms with van der Waals surface area (Å²) in [5.74, 6) is -1.16. The third-order valence-electron chi connectivity index (χ3n) is 5.22. The van der Waals surface area contributed by atoms with Crippen LogP contribution in [0.1, 0.15) is 42.6 Å². The van der Waals surface area contributed by atoms with Crippen LogP contribution >= 0.6 is 11.3 Å². The van der Waals surface area contributed by atoms with Crippen molar-refractivity contribution in [3.05, 3.63) is 65.4 Å². The first-order valence-electron chi connectivity index (χ1n) is 10.0. The van der Waals surface area contributed by atoms with Crippen molar-refractivity contribution in [2.24, 2.45) is 5.92 Å². The second kappa shape index (κ2) is 9.17. The highest BCUT2D eigenvalue weighted by atomic mass is 32.1. The summed E-state index contributed by atoms with van der Waals surface area (Å²) in [6.45, 7) is 0. The molecule has 0 radical (unpaired) electrons. The van der Waals surface area contributed by atoms with Crippen LogP contribution in [0.5, 0.6) is 0 Å². The summed E-state index contributed by atoms with van der Waals surface area (Å²) in [5.41, 5.74) is 1.70. The lowest BCUT2D eigenvalue weighted by Crippen LogP contribution is -2.25. The van der Waals surface area contributed by atoms with Gasteiger partial charge in [-0.15, -0.1) is 11.3 Å². The van der Waals surface area contributed by atoms with Gasteiger partial charge in [0.2, 0.25) is 5.91 Å². The second-order valence-electron chi connectivity index (χ2n) is 7.38. The summed E-state index contributed by atoms with van der Waals surface area (Å²) in [7, 11) is 0. The number of aromatic nitrogens is 1. The summed E-state index contributed by atoms with van der Waals surface area (Å²) in [5, 5.41) is 7.85. The molecule has 1 fully saturated rings. The molecule has 7 heteroatoms. The van der Waals surface area contributed by atoms with Gasteiger partial charge in [-0.1, -0.05) is 49.6 Å². The number of nitrogens with one attached hydrogen (secondary N) is 2. The van der Waals surface area contributed by atoms with Gasteiger partial charge in [0.25, 0.3) is 5.91 Å². The van der Waals surface area contributed by atoms with Crippen LogP contribution in [0.15, 0.2) is 53.9 Å². The molecule has 4 rings (SSSR count). The molecule has 154 valence electrons. The zero-order valence-electron chi connectivity index (χ0n) is 16.4. The first-order valence-corrected chi connectivity index (χ1v) is 10.9. The lowest BCUT2D eigenvalue weighted by atomic mass is 9.88. The minimum absolute atomic E-state index is 0.0756. The maximum absolute atomic E-state index is 14.2. The maximum atomic E-state index is 14.2. The molecule has 0 aliphatic heterocycles. The number of carbonyl (C=O) groups is 2. The highest BCUT2D eigenvalue weighted by Gasteiger charge is 2.22. The number of hydrogen-bond acceptors (Lipinski definition) is 4. The number of halogens is 1. The second-order valence-corrected chi connectivity index (χ2v) is 8.23. The first-order chi connectivity index (χ1) is 14.6. The highest BCUT2D eigenvalue weighted by Crippen LogP contribution is 2.27. The van der Waals surface area contributed by atoms with Crippen molar-refractivity contribution >= 4 is 34.5 Å². The van der Waals surface area contributed by atoms with Gasteiger partial charge in [-0.2, -0.15) is 0 Å². The van der Waals surface area contributed by atoms with E-state index in [-0.39, 0.29) is 29.1 Å². The van der Waals surface area contributed by atoms with Gasteiger partial charge in [-0.05, 0) is 31.0 Å². The Kier molecular flexibility index (Phi) is 6.18. The van der Waals surface area contributed by atoms with Gasteiger partial charge in [0.15, 0.2) is 0 Å². The minimum Gasteiger partial charge on any atom is -0.323 e. The van der Waals surface area contributed by atoms with Crippen LogP contribution in [-0.4, -0.2) is 16.8 Å². The fraction of sp³-hybridized carbons (Fsp3) is 0.261. The van der Waals surface area contributed by atoms with Crippen LogP contribution < -0.4 is 10.6 Å². The lowest BCUT2D eigenvalue weighted by molar-refractivity contribution is -0.120. The molecule has 0 unspecified atom stereocenters.